The highest BCUT2D eigenvalue weighted by Gasteiger charge is 2.30. The highest BCUT2D eigenvalue weighted by atomic mass is 35.5. The van der Waals surface area contributed by atoms with E-state index < -0.39 is 0 Å². The molecule has 1 fully saturated rings. The number of likely N-dealkylation sites (tertiary alicyclic amines) is 1. The zero-order valence-electron chi connectivity index (χ0n) is 15.4. The molecule has 142 valence electrons. The summed E-state index contributed by atoms with van der Waals surface area (Å²) >= 11 is 12.1. The average Bonchev–Trinajstić information content (AvgIpc) is 3.10. The fourth-order valence-corrected chi connectivity index (χ4v) is 3.90. The van der Waals surface area contributed by atoms with Crippen molar-refractivity contribution >= 4 is 35.0 Å². The van der Waals surface area contributed by atoms with Crippen LogP contribution in [0.5, 0.6) is 0 Å². The molecule has 1 N–H and O–H groups in total. The van der Waals surface area contributed by atoms with Crippen molar-refractivity contribution in [1.29, 1.82) is 0 Å². The summed E-state index contributed by atoms with van der Waals surface area (Å²) < 4.78 is 0. The molecule has 3 rings (SSSR count). The van der Waals surface area contributed by atoms with Gasteiger partial charge in [0.25, 0.3) is 5.91 Å². The molecule has 1 unspecified atom stereocenters. The summed E-state index contributed by atoms with van der Waals surface area (Å²) in [6.45, 7) is 4.54. The Morgan fingerprint density at radius 3 is 2.44 bits per heavy atom. The molecule has 4 nitrogen and oxygen atoms in total. The molecule has 0 bridgehead atoms. The zero-order valence-corrected chi connectivity index (χ0v) is 16.9. The Kier molecular flexibility index (Phi) is 6.08. The van der Waals surface area contributed by atoms with Gasteiger partial charge in [-0.05, 0) is 56.5 Å². The van der Waals surface area contributed by atoms with Gasteiger partial charge < -0.3 is 10.2 Å². The van der Waals surface area contributed by atoms with E-state index in [0.29, 0.717) is 22.2 Å². The van der Waals surface area contributed by atoms with Gasteiger partial charge >= 0.3 is 0 Å². The van der Waals surface area contributed by atoms with E-state index in [2.05, 4.69) is 5.32 Å². The third kappa shape index (κ3) is 4.63. The van der Waals surface area contributed by atoms with Gasteiger partial charge in [-0.3, -0.25) is 9.59 Å². The van der Waals surface area contributed by atoms with Crippen molar-refractivity contribution in [2.45, 2.75) is 32.7 Å². The third-order valence-electron chi connectivity index (χ3n) is 4.79. The van der Waals surface area contributed by atoms with Crippen molar-refractivity contribution in [3.8, 4) is 0 Å². The number of nitrogens with one attached hydrogen (secondary N) is 1. The summed E-state index contributed by atoms with van der Waals surface area (Å²) in [5, 5.41) is 3.73. The van der Waals surface area contributed by atoms with Crippen LogP contribution in [0.4, 0.5) is 0 Å². The fourth-order valence-electron chi connectivity index (χ4n) is 3.60. The zero-order chi connectivity index (χ0) is 19.6. The van der Waals surface area contributed by atoms with Crippen molar-refractivity contribution in [2.24, 2.45) is 0 Å². The second kappa shape index (κ2) is 8.32. The molecule has 1 saturated heterocycles. The van der Waals surface area contributed by atoms with Crippen LogP contribution >= 0.6 is 23.2 Å². The number of nitrogens with zero attached hydrogens (tertiary/aromatic N) is 1. The van der Waals surface area contributed by atoms with Gasteiger partial charge in [0, 0.05) is 12.1 Å². The minimum absolute atomic E-state index is 0.0242. The maximum Gasteiger partial charge on any atom is 0.251 e. The van der Waals surface area contributed by atoms with Crippen molar-refractivity contribution in [2.75, 3.05) is 13.1 Å². The summed E-state index contributed by atoms with van der Waals surface area (Å²) in [4.78, 5) is 26.9. The van der Waals surface area contributed by atoms with Crippen LogP contribution in [0, 0.1) is 13.8 Å². The smallest absolute Gasteiger partial charge is 0.251 e. The standard InChI is InChI=1S/C21H22Cl2N2O2/c1-13-8-14(2)10-16(9-13)21(27)24-12-20(26)25-7-3-4-19(25)15-5-6-17(22)18(23)11-15/h5-6,8-11,19H,3-4,7,12H2,1-2H3,(H,24,27). The second-order valence-electron chi connectivity index (χ2n) is 6.98. The van der Waals surface area contributed by atoms with E-state index in [1.807, 2.05) is 44.2 Å². The summed E-state index contributed by atoms with van der Waals surface area (Å²) in [6.07, 6.45) is 1.79. The normalized spacial score (nSPS) is 16.4. The Hall–Kier alpha value is -2.04. The lowest BCUT2D eigenvalue weighted by Gasteiger charge is -2.25. The summed E-state index contributed by atoms with van der Waals surface area (Å²) in [6, 6.07) is 11.1. The van der Waals surface area contributed by atoms with E-state index in [9.17, 15) is 9.59 Å². The van der Waals surface area contributed by atoms with Gasteiger partial charge in [-0.25, -0.2) is 0 Å². The van der Waals surface area contributed by atoms with Crippen molar-refractivity contribution in [3.63, 3.8) is 0 Å². The first-order chi connectivity index (χ1) is 12.8. The third-order valence-corrected chi connectivity index (χ3v) is 5.52. The average molecular weight is 405 g/mol. The fraction of sp³-hybridized carbons (Fsp3) is 0.333. The number of carbonyl (C=O) groups is 2. The number of carbonyl (C=O) groups excluding carboxylic acids is 2. The topological polar surface area (TPSA) is 49.4 Å². The Bertz CT molecular complexity index is 862. The first-order valence-corrected chi connectivity index (χ1v) is 9.71. The minimum Gasteiger partial charge on any atom is -0.343 e. The molecule has 0 saturated carbocycles. The molecular formula is C21H22Cl2N2O2. The summed E-state index contributed by atoms with van der Waals surface area (Å²) in [5.74, 6) is -0.332. The van der Waals surface area contributed by atoms with Gasteiger partial charge in [-0.15, -0.1) is 0 Å². The number of hydrogen-bond donors (Lipinski definition) is 1. The Labute approximate surface area is 169 Å². The Balaban J connectivity index is 1.66. The lowest BCUT2D eigenvalue weighted by molar-refractivity contribution is -0.131. The van der Waals surface area contributed by atoms with Crippen LogP contribution in [0.1, 0.15) is 45.9 Å². The SMILES string of the molecule is Cc1cc(C)cc(C(=O)NCC(=O)N2CCCC2c2ccc(Cl)c(Cl)c2)c1. The molecule has 0 aromatic heterocycles. The van der Waals surface area contributed by atoms with Crippen LogP contribution in [-0.4, -0.2) is 29.8 Å². The van der Waals surface area contributed by atoms with Gasteiger partial charge in [0.2, 0.25) is 5.91 Å². The highest BCUT2D eigenvalue weighted by molar-refractivity contribution is 6.42. The molecule has 27 heavy (non-hydrogen) atoms. The van der Waals surface area contributed by atoms with Crippen molar-refractivity contribution in [1.82, 2.24) is 10.2 Å². The molecule has 6 heteroatoms. The first-order valence-electron chi connectivity index (χ1n) is 8.96. The molecule has 1 atom stereocenters. The van der Waals surface area contributed by atoms with E-state index in [-0.39, 0.29) is 24.4 Å². The van der Waals surface area contributed by atoms with E-state index in [0.717, 1.165) is 29.5 Å². The van der Waals surface area contributed by atoms with Crippen LogP contribution in [0.2, 0.25) is 10.0 Å². The predicted molar refractivity (Wildman–Crippen MR) is 108 cm³/mol. The van der Waals surface area contributed by atoms with E-state index in [4.69, 9.17) is 23.2 Å². The van der Waals surface area contributed by atoms with Gasteiger partial charge in [-0.1, -0.05) is 46.5 Å². The van der Waals surface area contributed by atoms with Crippen LogP contribution in [0.3, 0.4) is 0 Å². The Morgan fingerprint density at radius 2 is 1.78 bits per heavy atom. The van der Waals surface area contributed by atoms with Crippen LogP contribution in [0.15, 0.2) is 36.4 Å². The lowest BCUT2D eigenvalue weighted by atomic mass is 10.0. The van der Waals surface area contributed by atoms with Crippen LogP contribution in [-0.2, 0) is 4.79 Å². The second-order valence-corrected chi connectivity index (χ2v) is 7.79. The molecule has 2 aromatic rings. The maximum absolute atomic E-state index is 12.7. The molecule has 0 radical (unpaired) electrons. The predicted octanol–water partition coefficient (Wildman–Crippen LogP) is 4.70. The number of amides is 2. The van der Waals surface area contributed by atoms with Crippen LogP contribution < -0.4 is 5.32 Å². The summed E-state index contributed by atoms with van der Waals surface area (Å²) in [7, 11) is 0. The monoisotopic (exact) mass is 404 g/mol. The van der Waals surface area contributed by atoms with E-state index in [1.54, 1.807) is 11.0 Å². The molecule has 0 spiro atoms. The number of hydrogen-bond acceptors (Lipinski definition) is 2. The quantitative estimate of drug-likeness (QED) is 0.802. The maximum atomic E-state index is 12.7. The molecular weight excluding hydrogens is 383 g/mol. The summed E-state index contributed by atoms with van der Waals surface area (Å²) in [5.41, 5.74) is 3.58. The molecule has 1 aliphatic rings. The van der Waals surface area contributed by atoms with E-state index in [1.165, 1.54) is 0 Å². The van der Waals surface area contributed by atoms with Crippen LogP contribution in [0.25, 0.3) is 0 Å². The van der Waals surface area contributed by atoms with E-state index >= 15 is 0 Å². The molecule has 2 aromatic carbocycles. The van der Waals surface area contributed by atoms with Gasteiger partial charge in [0.05, 0.1) is 22.6 Å². The van der Waals surface area contributed by atoms with Crippen molar-refractivity contribution < 1.29 is 9.59 Å². The molecule has 1 heterocycles. The number of rotatable bonds is 4. The molecule has 0 aliphatic carbocycles. The largest absolute Gasteiger partial charge is 0.343 e. The van der Waals surface area contributed by atoms with Gasteiger partial charge in [0.1, 0.15) is 0 Å². The Morgan fingerprint density at radius 1 is 1.07 bits per heavy atom. The lowest BCUT2D eigenvalue weighted by Crippen LogP contribution is -2.39. The van der Waals surface area contributed by atoms with Gasteiger partial charge in [-0.2, -0.15) is 0 Å². The number of aryl methyl sites for hydroxylation is 2. The van der Waals surface area contributed by atoms with Crippen molar-refractivity contribution in [3.05, 3.63) is 68.7 Å². The van der Waals surface area contributed by atoms with Gasteiger partial charge in [0.15, 0.2) is 0 Å². The number of benzene rings is 2. The first kappa shape index (κ1) is 19.7. The molecule has 2 amide bonds. The number of halogens is 2. The molecule has 1 aliphatic heterocycles. The minimum atomic E-state index is -0.236. The highest BCUT2D eigenvalue weighted by Crippen LogP contribution is 2.34.